The van der Waals surface area contributed by atoms with Crippen molar-refractivity contribution in [1.82, 2.24) is 9.88 Å². The lowest BCUT2D eigenvalue weighted by Gasteiger charge is -2.07. The molecule has 4 rings (SSSR count). The number of nitrogens with one attached hydrogen (secondary N) is 1. The molecule has 1 aromatic heterocycles. The molecule has 1 aliphatic rings. The summed E-state index contributed by atoms with van der Waals surface area (Å²) in [5.41, 5.74) is 2.64. The average molecular weight is 317 g/mol. The Morgan fingerprint density at radius 1 is 1.00 bits per heavy atom. The molecule has 1 aliphatic heterocycles. The number of amides is 2. The van der Waals surface area contributed by atoms with E-state index in [0.29, 0.717) is 5.69 Å². The SMILES string of the molecule is CN1C(=O)C(=Nc2ccccc2)C(c2c[nH]c3ccccc23)C1=O. The minimum atomic E-state index is -0.682. The second kappa shape index (κ2) is 5.45. The number of para-hydroxylation sites is 2. The summed E-state index contributed by atoms with van der Waals surface area (Å²) in [7, 11) is 1.50. The molecule has 3 aromatic rings. The van der Waals surface area contributed by atoms with Crippen LogP contribution in [0.3, 0.4) is 0 Å². The first-order valence-electron chi connectivity index (χ1n) is 7.68. The number of aromatic amines is 1. The van der Waals surface area contributed by atoms with E-state index in [2.05, 4.69) is 9.98 Å². The van der Waals surface area contributed by atoms with Gasteiger partial charge in [-0.05, 0) is 23.8 Å². The van der Waals surface area contributed by atoms with Crippen LogP contribution in [0.1, 0.15) is 11.5 Å². The molecule has 2 amide bonds. The normalized spacial score (nSPS) is 19.6. The van der Waals surface area contributed by atoms with E-state index in [1.54, 1.807) is 6.20 Å². The summed E-state index contributed by atoms with van der Waals surface area (Å²) in [6.07, 6.45) is 1.79. The highest BCUT2D eigenvalue weighted by molar-refractivity contribution is 6.52. The zero-order chi connectivity index (χ0) is 16.7. The molecular formula is C19H15N3O2. The van der Waals surface area contributed by atoms with Gasteiger partial charge >= 0.3 is 0 Å². The van der Waals surface area contributed by atoms with Crippen LogP contribution in [-0.4, -0.2) is 34.5 Å². The van der Waals surface area contributed by atoms with Crippen molar-refractivity contribution >= 4 is 34.1 Å². The number of likely N-dealkylation sites (N-methyl/N-ethyl adjacent to an activating group) is 1. The number of nitrogens with zero attached hydrogens (tertiary/aromatic N) is 2. The van der Waals surface area contributed by atoms with Gasteiger partial charge in [-0.15, -0.1) is 0 Å². The van der Waals surface area contributed by atoms with Crippen molar-refractivity contribution in [2.75, 3.05) is 7.05 Å². The quantitative estimate of drug-likeness (QED) is 0.738. The van der Waals surface area contributed by atoms with Crippen LogP contribution in [0.4, 0.5) is 5.69 Å². The first kappa shape index (κ1) is 14.4. The molecule has 1 fully saturated rings. The van der Waals surface area contributed by atoms with E-state index in [-0.39, 0.29) is 17.5 Å². The third kappa shape index (κ3) is 2.13. The fraction of sp³-hybridized carbons (Fsp3) is 0.105. The second-order valence-corrected chi connectivity index (χ2v) is 5.76. The highest BCUT2D eigenvalue weighted by Gasteiger charge is 2.44. The van der Waals surface area contributed by atoms with E-state index in [9.17, 15) is 9.59 Å². The Balaban J connectivity index is 1.89. The van der Waals surface area contributed by atoms with Crippen LogP contribution >= 0.6 is 0 Å². The monoisotopic (exact) mass is 317 g/mol. The zero-order valence-electron chi connectivity index (χ0n) is 13.1. The van der Waals surface area contributed by atoms with E-state index >= 15 is 0 Å². The molecule has 5 heteroatoms. The van der Waals surface area contributed by atoms with Crippen molar-refractivity contribution in [2.45, 2.75) is 5.92 Å². The van der Waals surface area contributed by atoms with Crippen molar-refractivity contribution in [1.29, 1.82) is 0 Å². The minimum Gasteiger partial charge on any atom is -0.361 e. The van der Waals surface area contributed by atoms with E-state index in [0.717, 1.165) is 21.4 Å². The number of imide groups is 1. The Bertz CT molecular complexity index is 972. The molecule has 2 aromatic carbocycles. The van der Waals surface area contributed by atoms with Gasteiger partial charge in [-0.3, -0.25) is 14.5 Å². The van der Waals surface area contributed by atoms with E-state index in [4.69, 9.17) is 0 Å². The molecule has 0 aliphatic carbocycles. The van der Waals surface area contributed by atoms with Crippen LogP contribution in [0.5, 0.6) is 0 Å². The maximum atomic E-state index is 12.7. The molecule has 2 heterocycles. The van der Waals surface area contributed by atoms with Gasteiger partial charge in [0.15, 0.2) is 0 Å². The maximum absolute atomic E-state index is 12.7. The van der Waals surface area contributed by atoms with Gasteiger partial charge in [-0.1, -0.05) is 36.4 Å². The highest BCUT2D eigenvalue weighted by atomic mass is 16.2. The van der Waals surface area contributed by atoms with Gasteiger partial charge in [-0.25, -0.2) is 4.99 Å². The number of fused-ring (bicyclic) bond motifs is 1. The van der Waals surface area contributed by atoms with Gasteiger partial charge in [0.2, 0.25) is 5.91 Å². The molecule has 0 bridgehead atoms. The van der Waals surface area contributed by atoms with Crippen LogP contribution in [0.15, 0.2) is 65.8 Å². The van der Waals surface area contributed by atoms with Crippen molar-refractivity contribution in [2.24, 2.45) is 4.99 Å². The molecule has 1 saturated heterocycles. The summed E-state index contributed by atoms with van der Waals surface area (Å²) < 4.78 is 0. The van der Waals surface area contributed by atoms with Gasteiger partial charge in [0, 0.05) is 24.1 Å². The lowest BCUT2D eigenvalue weighted by Crippen LogP contribution is -2.26. The summed E-state index contributed by atoms with van der Waals surface area (Å²) in [6, 6.07) is 16.9. The Morgan fingerprint density at radius 2 is 1.71 bits per heavy atom. The fourth-order valence-electron chi connectivity index (χ4n) is 3.07. The number of aliphatic imine (C=N–C) groups is 1. The van der Waals surface area contributed by atoms with Gasteiger partial charge in [-0.2, -0.15) is 0 Å². The average Bonchev–Trinajstić information content (AvgIpc) is 3.12. The number of benzene rings is 2. The summed E-state index contributed by atoms with van der Waals surface area (Å²) in [4.78, 5) is 34.0. The van der Waals surface area contributed by atoms with Gasteiger partial charge in [0.1, 0.15) is 11.6 Å². The van der Waals surface area contributed by atoms with Crippen molar-refractivity contribution in [3.63, 3.8) is 0 Å². The third-order valence-electron chi connectivity index (χ3n) is 4.31. The number of H-pyrrole nitrogens is 1. The molecule has 5 nitrogen and oxygen atoms in total. The number of likely N-dealkylation sites (tertiary alicyclic amines) is 1. The van der Waals surface area contributed by atoms with E-state index in [1.807, 2.05) is 54.6 Å². The number of hydrogen-bond donors (Lipinski definition) is 1. The fourth-order valence-corrected chi connectivity index (χ4v) is 3.07. The topological polar surface area (TPSA) is 65.5 Å². The molecule has 1 atom stereocenters. The van der Waals surface area contributed by atoms with Crippen LogP contribution in [0.25, 0.3) is 10.9 Å². The molecule has 118 valence electrons. The Labute approximate surface area is 138 Å². The molecule has 0 saturated carbocycles. The number of aromatic nitrogens is 1. The van der Waals surface area contributed by atoms with Crippen molar-refractivity contribution in [3.05, 3.63) is 66.4 Å². The van der Waals surface area contributed by atoms with E-state index < -0.39 is 5.92 Å². The van der Waals surface area contributed by atoms with Gasteiger partial charge in [0.25, 0.3) is 5.91 Å². The number of carbonyl (C=O) groups excluding carboxylic acids is 2. The Morgan fingerprint density at radius 3 is 2.50 bits per heavy atom. The van der Waals surface area contributed by atoms with Gasteiger partial charge in [0.05, 0.1) is 5.69 Å². The first-order chi connectivity index (χ1) is 11.7. The van der Waals surface area contributed by atoms with Gasteiger partial charge < -0.3 is 4.98 Å². The minimum absolute atomic E-state index is 0.251. The second-order valence-electron chi connectivity index (χ2n) is 5.76. The molecule has 1 N–H and O–H groups in total. The van der Waals surface area contributed by atoms with Crippen LogP contribution < -0.4 is 0 Å². The predicted octanol–water partition coefficient (Wildman–Crippen LogP) is 3.02. The molecule has 0 radical (unpaired) electrons. The summed E-state index contributed by atoms with van der Waals surface area (Å²) in [5, 5.41) is 0.930. The maximum Gasteiger partial charge on any atom is 0.275 e. The zero-order valence-corrected chi connectivity index (χ0v) is 13.1. The Hall–Kier alpha value is -3.21. The van der Waals surface area contributed by atoms with Crippen molar-refractivity contribution < 1.29 is 9.59 Å². The lowest BCUT2D eigenvalue weighted by molar-refractivity contribution is -0.136. The van der Waals surface area contributed by atoms with Crippen LogP contribution in [0, 0.1) is 0 Å². The first-order valence-corrected chi connectivity index (χ1v) is 7.68. The smallest absolute Gasteiger partial charge is 0.275 e. The van der Waals surface area contributed by atoms with E-state index in [1.165, 1.54) is 7.05 Å². The third-order valence-corrected chi connectivity index (χ3v) is 4.31. The lowest BCUT2D eigenvalue weighted by atomic mass is 9.95. The molecule has 24 heavy (non-hydrogen) atoms. The Kier molecular flexibility index (Phi) is 3.27. The molecule has 0 spiro atoms. The number of hydrogen-bond acceptors (Lipinski definition) is 3. The number of rotatable bonds is 2. The summed E-state index contributed by atoms with van der Waals surface area (Å²) >= 11 is 0. The summed E-state index contributed by atoms with van der Waals surface area (Å²) in [6.45, 7) is 0. The summed E-state index contributed by atoms with van der Waals surface area (Å²) in [5.74, 6) is -1.28. The largest absolute Gasteiger partial charge is 0.361 e. The predicted molar refractivity (Wildman–Crippen MR) is 92.4 cm³/mol. The highest BCUT2D eigenvalue weighted by Crippen LogP contribution is 2.33. The number of carbonyl (C=O) groups is 2. The molecule has 1 unspecified atom stereocenters. The molecular weight excluding hydrogens is 302 g/mol. The van der Waals surface area contributed by atoms with Crippen LogP contribution in [-0.2, 0) is 9.59 Å². The van der Waals surface area contributed by atoms with Crippen LogP contribution in [0.2, 0.25) is 0 Å². The van der Waals surface area contributed by atoms with Crippen molar-refractivity contribution in [3.8, 4) is 0 Å². The standard InChI is InChI=1S/C19H15N3O2/c1-22-18(23)16(14-11-20-15-10-6-5-9-13(14)15)17(19(22)24)21-12-7-3-2-4-8-12/h2-11,16,20H,1H3.